The van der Waals surface area contributed by atoms with Crippen molar-refractivity contribution in [3.05, 3.63) is 65.1 Å². The summed E-state index contributed by atoms with van der Waals surface area (Å²) in [6.45, 7) is 6.20. The van der Waals surface area contributed by atoms with Crippen LogP contribution in [0.25, 0.3) is 5.65 Å². The number of methoxy groups -OCH3 is 1. The lowest BCUT2D eigenvalue weighted by atomic mass is 9.76. The van der Waals surface area contributed by atoms with E-state index in [0.717, 1.165) is 62.4 Å². The Hall–Kier alpha value is -2.98. The van der Waals surface area contributed by atoms with Gasteiger partial charge in [-0.15, -0.1) is 0 Å². The number of ether oxygens (including phenoxy) is 2. The standard InChI is InChI=1S/C30H37N5O4/c1-20(38-2)24-12-23(35-18-29(19-35)8-5-11-39-29)15-34-16-25(32-27(24)34)28(37)33-10-9-30(26(36)17-33)13-21-6-3-4-7-22(21)14-31-30/h3-4,6-7,12,15-16,20,26,31,36H,5,8-11,13-14,17-19H2,1-2H3/t20-,26-,30+/m1/s1. The maximum absolute atomic E-state index is 13.7. The Balaban J connectivity index is 1.12. The molecular formula is C30H37N5O4. The molecular weight excluding hydrogens is 494 g/mol. The van der Waals surface area contributed by atoms with E-state index in [-0.39, 0.29) is 24.2 Å². The number of β-amino-alcohol motifs (C(OH)–C–C–N with tert-alkyl or cyclic N) is 1. The highest BCUT2D eigenvalue weighted by molar-refractivity contribution is 5.93. The Bertz CT molecular complexity index is 1410. The summed E-state index contributed by atoms with van der Waals surface area (Å²) in [7, 11) is 1.69. The predicted molar refractivity (Wildman–Crippen MR) is 147 cm³/mol. The molecule has 7 rings (SSSR count). The Morgan fingerprint density at radius 2 is 2.05 bits per heavy atom. The molecule has 6 heterocycles. The Kier molecular flexibility index (Phi) is 5.97. The number of hydrogen-bond donors (Lipinski definition) is 2. The van der Waals surface area contributed by atoms with Crippen molar-refractivity contribution in [1.82, 2.24) is 19.6 Å². The van der Waals surface area contributed by atoms with Crippen molar-refractivity contribution in [2.75, 3.05) is 44.8 Å². The summed E-state index contributed by atoms with van der Waals surface area (Å²) in [6, 6.07) is 10.5. The van der Waals surface area contributed by atoms with Crippen LogP contribution in [0.2, 0.25) is 0 Å². The second-order valence-corrected chi connectivity index (χ2v) is 11.9. The first kappa shape index (κ1) is 25.0. The topological polar surface area (TPSA) is 91.6 Å². The van der Waals surface area contributed by atoms with E-state index < -0.39 is 11.6 Å². The van der Waals surface area contributed by atoms with Gasteiger partial charge < -0.3 is 34.1 Å². The van der Waals surface area contributed by atoms with Crippen LogP contribution in [0.15, 0.2) is 42.7 Å². The fraction of sp³-hybridized carbons (Fsp3) is 0.533. The Labute approximate surface area is 228 Å². The minimum atomic E-state index is -0.659. The molecule has 9 heteroatoms. The largest absolute Gasteiger partial charge is 0.389 e. The van der Waals surface area contributed by atoms with Gasteiger partial charge in [-0.25, -0.2) is 4.98 Å². The molecule has 0 radical (unpaired) electrons. The number of nitrogens with zero attached hydrogens (tertiary/aromatic N) is 4. The van der Waals surface area contributed by atoms with Crippen LogP contribution in [0.1, 0.15) is 59.5 Å². The van der Waals surface area contributed by atoms with Crippen LogP contribution in [0.4, 0.5) is 5.69 Å². The first-order chi connectivity index (χ1) is 18.9. The predicted octanol–water partition coefficient (Wildman–Crippen LogP) is 2.70. The SMILES string of the molecule is CO[C@H](C)c1cc(N2CC3(CCCO3)C2)cn2cc(C(=O)N3CC[C@]4(Cc5ccccc5CN4)[C@H](O)C3)nc12. The number of aromatic nitrogens is 2. The number of aliphatic hydroxyl groups excluding tert-OH is 1. The lowest BCUT2D eigenvalue weighted by Crippen LogP contribution is -2.65. The van der Waals surface area contributed by atoms with E-state index in [9.17, 15) is 9.90 Å². The first-order valence-corrected chi connectivity index (χ1v) is 14.1. The van der Waals surface area contributed by atoms with Gasteiger partial charge in [0.1, 0.15) is 16.9 Å². The molecule has 1 amide bonds. The van der Waals surface area contributed by atoms with Gasteiger partial charge in [-0.1, -0.05) is 24.3 Å². The van der Waals surface area contributed by atoms with Crippen molar-refractivity contribution in [2.45, 2.75) is 62.5 Å². The molecule has 3 saturated heterocycles. The van der Waals surface area contributed by atoms with Crippen LogP contribution >= 0.6 is 0 Å². The van der Waals surface area contributed by atoms with E-state index >= 15 is 0 Å². The number of hydrogen-bond acceptors (Lipinski definition) is 7. The average Bonchev–Trinajstić information content (AvgIpc) is 3.60. The molecule has 206 valence electrons. The van der Waals surface area contributed by atoms with Gasteiger partial charge in [-0.2, -0.15) is 0 Å². The number of fused-ring (bicyclic) bond motifs is 2. The van der Waals surface area contributed by atoms with Crippen molar-refractivity contribution < 1.29 is 19.4 Å². The van der Waals surface area contributed by atoms with Gasteiger partial charge in [0.25, 0.3) is 5.91 Å². The number of likely N-dealkylation sites (tertiary alicyclic amines) is 1. The van der Waals surface area contributed by atoms with E-state index in [1.165, 1.54) is 11.1 Å². The number of carbonyl (C=O) groups is 1. The zero-order valence-electron chi connectivity index (χ0n) is 22.7. The third-order valence-corrected chi connectivity index (χ3v) is 9.49. The third-order valence-electron chi connectivity index (χ3n) is 9.49. The van der Waals surface area contributed by atoms with Crippen LogP contribution in [-0.2, 0) is 22.4 Å². The molecule has 4 aliphatic rings. The average molecular weight is 532 g/mol. The highest BCUT2D eigenvalue weighted by atomic mass is 16.5. The Morgan fingerprint density at radius 3 is 2.79 bits per heavy atom. The number of nitrogens with one attached hydrogen (secondary N) is 1. The van der Waals surface area contributed by atoms with E-state index in [0.29, 0.717) is 18.7 Å². The molecule has 39 heavy (non-hydrogen) atoms. The summed E-state index contributed by atoms with van der Waals surface area (Å²) in [5, 5.41) is 14.9. The molecule has 2 N–H and O–H groups in total. The molecule has 4 aliphatic heterocycles. The van der Waals surface area contributed by atoms with Crippen LogP contribution in [0.3, 0.4) is 0 Å². The molecule has 3 aromatic rings. The molecule has 0 unspecified atom stereocenters. The highest BCUT2D eigenvalue weighted by Crippen LogP contribution is 2.39. The van der Waals surface area contributed by atoms with Crippen molar-refractivity contribution in [2.24, 2.45) is 0 Å². The molecule has 0 aliphatic carbocycles. The minimum absolute atomic E-state index is 0.000213. The fourth-order valence-electron chi connectivity index (χ4n) is 6.96. The smallest absolute Gasteiger partial charge is 0.274 e. The number of amides is 1. The monoisotopic (exact) mass is 531 g/mol. The zero-order valence-corrected chi connectivity index (χ0v) is 22.7. The Morgan fingerprint density at radius 1 is 1.23 bits per heavy atom. The quantitative estimate of drug-likeness (QED) is 0.535. The van der Waals surface area contributed by atoms with E-state index in [2.05, 4.69) is 46.7 Å². The molecule has 9 nitrogen and oxygen atoms in total. The number of carbonyl (C=O) groups excluding carboxylic acids is 1. The summed E-state index contributed by atoms with van der Waals surface area (Å²) in [6.07, 6.45) is 6.74. The maximum atomic E-state index is 13.7. The number of pyridine rings is 1. The fourth-order valence-corrected chi connectivity index (χ4v) is 6.96. The maximum Gasteiger partial charge on any atom is 0.274 e. The molecule has 2 spiro atoms. The van der Waals surface area contributed by atoms with E-state index in [1.54, 1.807) is 12.0 Å². The van der Waals surface area contributed by atoms with Gasteiger partial charge in [0.05, 0.1) is 23.4 Å². The van der Waals surface area contributed by atoms with Gasteiger partial charge in [0.2, 0.25) is 0 Å². The van der Waals surface area contributed by atoms with Gasteiger partial charge in [-0.05, 0) is 49.8 Å². The van der Waals surface area contributed by atoms with Gasteiger partial charge >= 0.3 is 0 Å². The number of benzene rings is 1. The molecule has 0 saturated carbocycles. The zero-order chi connectivity index (χ0) is 26.8. The van der Waals surface area contributed by atoms with Gasteiger partial charge in [0, 0.05) is 64.4 Å². The van der Waals surface area contributed by atoms with Gasteiger partial charge in [-0.3, -0.25) is 4.79 Å². The van der Waals surface area contributed by atoms with Crippen LogP contribution < -0.4 is 10.2 Å². The van der Waals surface area contributed by atoms with Crippen LogP contribution in [0.5, 0.6) is 0 Å². The van der Waals surface area contributed by atoms with Crippen molar-refractivity contribution >= 4 is 17.2 Å². The third kappa shape index (κ3) is 4.14. The lowest BCUT2D eigenvalue weighted by Gasteiger charge is -2.48. The second-order valence-electron chi connectivity index (χ2n) is 11.9. The first-order valence-electron chi connectivity index (χ1n) is 14.1. The molecule has 1 aromatic carbocycles. The van der Waals surface area contributed by atoms with Crippen molar-refractivity contribution in [1.29, 1.82) is 0 Å². The highest BCUT2D eigenvalue weighted by Gasteiger charge is 2.47. The van der Waals surface area contributed by atoms with Gasteiger partial charge in [0.15, 0.2) is 0 Å². The normalized spacial score (nSPS) is 26.7. The van der Waals surface area contributed by atoms with Crippen molar-refractivity contribution in [3.63, 3.8) is 0 Å². The van der Waals surface area contributed by atoms with Crippen LogP contribution in [-0.4, -0.2) is 82.4 Å². The summed E-state index contributed by atoms with van der Waals surface area (Å²) in [5.74, 6) is -0.149. The summed E-state index contributed by atoms with van der Waals surface area (Å²) in [5.41, 5.74) is 5.30. The number of aliphatic hydroxyl groups is 1. The number of rotatable bonds is 4. The lowest BCUT2D eigenvalue weighted by molar-refractivity contribution is -0.0181. The van der Waals surface area contributed by atoms with Crippen LogP contribution in [0, 0.1) is 0 Å². The summed E-state index contributed by atoms with van der Waals surface area (Å²) in [4.78, 5) is 22.5. The molecule has 2 aromatic heterocycles. The molecule has 3 atom stereocenters. The summed E-state index contributed by atoms with van der Waals surface area (Å²) < 4.78 is 13.7. The van der Waals surface area contributed by atoms with E-state index in [1.807, 2.05) is 17.5 Å². The molecule has 0 bridgehead atoms. The minimum Gasteiger partial charge on any atom is -0.389 e. The molecule has 3 fully saturated rings. The van der Waals surface area contributed by atoms with E-state index in [4.69, 9.17) is 14.5 Å². The number of anilines is 1. The van der Waals surface area contributed by atoms with Crippen molar-refractivity contribution in [3.8, 4) is 0 Å². The summed E-state index contributed by atoms with van der Waals surface area (Å²) >= 11 is 0. The number of piperidine rings is 1. The second kappa shape index (κ2) is 9.30. The number of imidazole rings is 1.